The molecule has 156 valence electrons. The molecule has 0 saturated heterocycles. The van der Waals surface area contributed by atoms with Crippen LogP contribution in [0.1, 0.15) is 32.8 Å². The van der Waals surface area contributed by atoms with Crippen LogP contribution >= 0.6 is 23.4 Å². The van der Waals surface area contributed by atoms with Crippen molar-refractivity contribution >= 4 is 23.4 Å². The highest BCUT2D eigenvalue weighted by atomic mass is 35.5. The second-order valence-electron chi connectivity index (χ2n) is 5.69. The van der Waals surface area contributed by atoms with E-state index >= 15 is 0 Å². The van der Waals surface area contributed by atoms with Crippen LogP contribution in [0.4, 0.5) is 8.92 Å². The lowest BCUT2D eigenvalue weighted by molar-refractivity contribution is -0.00861. The van der Waals surface area contributed by atoms with Crippen LogP contribution in [-0.2, 0) is 11.2 Å². The van der Waals surface area contributed by atoms with E-state index in [0.29, 0.717) is 23.6 Å². The highest BCUT2D eigenvalue weighted by Crippen LogP contribution is 2.33. The van der Waals surface area contributed by atoms with Gasteiger partial charge in [0.25, 0.3) is 0 Å². The summed E-state index contributed by atoms with van der Waals surface area (Å²) in [6, 6.07) is 9.94. The van der Waals surface area contributed by atoms with Crippen LogP contribution in [0.25, 0.3) is 0 Å². The molecule has 0 saturated carbocycles. The van der Waals surface area contributed by atoms with Gasteiger partial charge in [-0.1, -0.05) is 25.4 Å². The third kappa shape index (κ3) is 7.86. The Kier molecular flexibility index (Phi) is 12.0. The fraction of sp³-hybridized carbons (Fsp3) is 0.429. The lowest BCUT2D eigenvalue weighted by Crippen LogP contribution is -2.12. The normalized spacial score (nSPS) is 11.4. The average Bonchev–Trinajstić information content (AvgIpc) is 2.72. The number of methoxy groups -OCH3 is 1. The number of thioether (sulfide) groups is 1. The summed E-state index contributed by atoms with van der Waals surface area (Å²) in [6.07, 6.45) is 0.753. The van der Waals surface area contributed by atoms with E-state index < -0.39 is 5.82 Å². The number of hydrogen-bond acceptors (Lipinski definition) is 4. The van der Waals surface area contributed by atoms with Gasteiger partial charge in [-0.2, -0.15) is 0 Å². The molecule has 0 aromatic heterocycles. The second-order valence-corrected chi connectivity index (χ2v) is 7.29. The van der Waals surface area contributed by atoms with Crippen LogP contribution in [0.5, 0.6) is 11.5 Å². The molecule has 0 aliphatic rings. The van der Waals surface area contributed by atoms with Gasteiger partial charge in [-0.3, -0.25) is 4.94 Å². The second kappa shape index (κ2) is 13.6. The molecule has 0 fully saturated rings. The van der Waals surface area contributed by atoms with Crippen molar-refractivity contribution in [1.29, 1.82) is 0 Å². The molecular formula is C21H27ClF2O3S. The van der Waals surface area contributed by atoms with Gasteiger partial charge in [0.2, 0.25) is 0 Å². The lowest BCUT2D eigenvalue weighted by Gasteiger charge is -2.16. The average molecular weight is 433 g/mol. The number of ether oxygens (including phenoxy) is 2. The van der Waals surface area contributed by atoms with Crippen molar-refractivity contribution in [2.24, 2.45) is 0 Å². The largest absolute Gasteiger partial charge is 0.490 e. The summed E-state index contributed by atoms with van der Waals surface area (Å²) >= 11 is 7.51. The number of benzene rings is 2. The zero-order valence-electron chi connectivity index (χ0n) is 16.6. The van der Waals surface area contributed by atoms with Crippen molar-refractivity contribution in [3.63, 3.8) is 0 Å². The number of hydrogen-bond donors (Lipinski definition) is 0. The molecule has 7 heteroatoms. The molecule has 1 atom stereocenters. The predicted octanol–water partition coefficient (Wildman–Crippen LogP) is 6.91. The first-order valence-electron chi connectivity index (χ1n) is 9.19. The topological polar surface area (TPSA) is 27.7 Å². The third-order valence-corrected chi connectivity index (χ3v) is 5.11. The van der Waals surface area contributed by atoms with E-state index in [0.717, 1.165) is 16.7 Å². The van der Waals surface area contributed by atoms with Gasteiger partial charge in [-0.15, -0.1) is 11.8 Å². The van der Waals surface area contributed by atoms with Crippen molar-refractivity contribution in [2.45, 2.75) is 44.6 Å². The van der Waals surface area contributed by atoms with Gasteiger partial charge in [-0.25, -0.2) is 4.39 Å². The van der Waals surface area contributed by atoms with Gasteiger partial charge in [0.15, 0.2) is 17.3 Å². The van der Waals surface area contributed by atoms with E-state index in [1.165, 1.54) is 13.2 Å². The molecule has 0 amide bonds. The molecule has 28 heavy (non-hydrogen) atoms. The Hall–Kier alpha value is -1.50. The molecule has 2 aromatic carbocycles. The monoisotopic (exact) mass is 432 g/mol. The van der Waals surface area contributed by atoms with Gasteiger partial charge in [0, 0.05) is 39.3 Å². The molecule has 2 aromatic rings. The lowest BCUT2D eigenvalue weighted by atomic mass is 10.1. The molecule has 0 radical (unpaired) electrons. The molecular weight excluding hydrogens is 406 g/mol. The van der Waals surface area contributed by atoms with Crippen LogP contribution in [0.15, 0.2) is 41.3 Å². The summed E-state index contributed by atoms with van der Waals surface area (Å²) in [5.74, 6) is 0.211. The standard InChI is InChI=1S/C19H21ClF2O3S.C2H6/c1-13(23-2)12-16-18(25-22)9-8-17(21)19(16)24-10-3-11-26-15-6-4-14(20)5-7-15;1-2/h4-9,13H,3,10-12H2,1-2H3;1-2H3. The van der Waals surface area contributed by atoms with Gasteiger partial charge >= 0.3 is 0 Å². The maximum Gasteiger partial charge on any atom is 0.179 e. The van der Waals surface area contributed by atoms with Crippen molar-refractivity contribution < 1.29 is 23.3 Å². The summed E-state index contributed by atoms with van der Waals surface area (Å²) in [6.45, 7) is 6.11. The van der Waals surface area contributed by atoms with Crippen LogP contribution in [0.2, 0.25) is 5.02 Å². The molecule has 0 aliphatic carbocycles. The van der Waals surface area contributed by atoms with Crippen molar-refractivity contribution in [3.05, 3.63) is 52.8 Å². The Morgan fingerprint density at radius 2 is 1.79 bits per heavy atom. The fourth-order valence-corrected chi connectivity index (χ4v) is 3.28. The maximum absolute atomic E-state index is 14.2. The third-order valence-electron chi connectivity index (χ3n) is 3.76. The van der Waals surface area contributed by atoms with Crippen LogP contribution in [0, 0.1) is 5.82 Å². The minimum absolute atomic E-state index is 0.0144. The first-order valence-corrected chi connectivity index (χ1v) is 10.6. The summed E-state index contributed by atoms with van der Waals surface area (Å²) in [5, 5.41) is 0.695. The van der Waals surface area contributed by atoms with Crippen molar-refractivity contribution in [1.82, 2.24) is 0 Å². The molecule has 0 bridgehead atoms. The van der Waals surface area contributed by atoms with E-state index in [2.05, 4.69) is 4.94 Å². The molecule has 0 N–H and O–H groups in total. The van der Waals surface area contributed by atoms with Gasteiger partial charge < -0.3 is 9.47 Å². The Labute approximate surface area is 175 Å². The fourth-order valence-electron chi connectivity index (χ4n) is 2.33. The SMILES string of the molecule is CC.COC(C)Cc1c(OF)ccc(F)c1OCCCSc1ccc(Cl)cc1. The summed E-state index contributed by atoms with van der Waals surface area (Å²) in [7, 11) is 1.54. The molecule has 3 nitrogen and oxygen atoms in total. The molecule has 2 rings (SSSR count). The highest BCUT2D eigenvalue weighted by Gasteiger charge is 2.19. The zero-order chi connectivity index (χ0) is 20.9. The molecule has 1 unspecified atom stereocenters. The van der Waals surface area contributed by atoms with Gasteiger partial charge in [0.1, 0.15) is 0 Å². The van der Waals surface area contributed by atoms with E-state index in [1.54, 1.807) is 18.7 Å². The molecule has 0 aliphatic heterocycles. The van der Waals surface area contributed by atoms with Crippen molar-refractivity contribution in [3.8, 4) is 11.5 Å². The summed E-state index contributed by atoms with van der Waals surface area (Å²) in [5.41, 5.74) is 0.326. The Balaban J connectivity index is 0.00000190. The van der Waals surface area contributed by atoms with Crippen molar-refractivity contribution in [2.75, 3.05) is 19.5 Å². The Morgan fingerprint density at radius 1 is 1.11 bits per heavy atom. The predicted molar refractivity (Wildman–Crippen MR) is 112 cm³/mol. The van der Waals surface area contributed by atoms with E-state index in [4.69, 9.17) is 21.1 Å². The van der Waals surface area contributed by atoms with E-state index in [1.807, 2.05) is 38.1 Å². The summed E-state index contributed by atoms with van der Waals surface area (Å²) in [4.78, 5) is 4.96. The molecule has 0 spiro atoms. The summed E-state index contributed by atoms with van der Waals surface area (Å²) < 4.78 is 37.7. The Morgan fingerprint density at radius 3 is 2.39 bits per heavy atom. The van der Waals surface area contributed by atoms with Crippen LogP contribution < -0.4 is 9.68 Å². The van der Waals surface area contributed by atoms with E-state index in [9.17, 15) is 8.92 Å². The molecule has 0 heterocycles. The van der Waals surface area contributed by atoms with Gasteiger partial charge in [0.05, 0.1) is 12.7 Å². The minimum Gasteiger partial charge on any atom is -0.490 e. The first kappa shape index (κ1) is 24.5. The van der Waals surface area contributed by atoms with Crippen LogP contribution in [0.3, 0.4) is 0 Å². The Bertz CT molecular complexity index is 699. The highest BCUT2D eigenvalue weighted by molar-refractivity contribution is 7.99. The smallest absolute Gasteiger partial charge is 0.179 e. The maximum atomic E-state index is 14.2. The quantitative estimate of drug-likeness (QED) is 0.301. The number of rotatable bonds is 10. The zero-order valence-corrected chi connectivity index (χ0v) is 18.2. The first-order chi connectivity index (χ1) is 13.5. The number of halogens is 3. The minimum atomic E-state index is -0.547. The van der Waals surface area contributed by atoms with E-state index in [-0.39, 0.29) is 24.0 Å². The van der Waals surface area contributed by atoms with Gasteiger partial charge in [-0.05, 0) is 49.7 Å². The van der Waals surface area contributed by atoms with Crippen LogP contribution in [-0.4, -0.2) is 25.6 Å².